The molecule has 0 aromatic heterocycles. The Bertz CT molecular complexity index is 1180. The highest BCUT2D eigenvalue weighted by Gasteiger charge is 2.13. The minimum atomic E-state index is -3.36. The molecule has 146 valence electrons. The molecule has 0 aliphatic heterocycles. The molecule has 0 bridgehead atoms. The summed E-state index contributed by atoms with van der Waals surface area (Å²) >= 11 is 0. The van der Waals surface area contributed by atoms with Crippen LogP contribution in [-0.2, 0) is 9.84 Å². The summed E-state index contributed by atoms with van der Waals surface area (Å²) in [6.07, 6.45) is 0. The van der Waals surface area contributed by atoms with Crippen LogP contribution in [-0.4, -0.2) is 20.1 Å². The molecule has 1 amide bonds. The number of benzene rings is 3. The van der Waals surface area contributed by atoms with Gasteiger partial charge in [-0.25, -0.2) is 8.42 Å². The number of hydrogen-bond donors (Lipinski definition) is 1. The van der Waals surface area contributed by atoms with Gasteiger partial charge in [-0.1, -0.05) is 19.1 Å². The van der Waals surface area contributed by atoms with Crippen LogP contribution >= 0.6 is 0 Å². The molecular formula is C22H18N2O4S. The Morgan fingerprint density at radius 2 is 1.72 bits per heavy atom. The molecule has 0 unspecified atom stereocenters. The molecule has 1 N–H and O–H groups in total. The van der Waals surface area contributed by atoms with Crippen molar-refractivity contribution >= 4 is 21.4 Å². The van der Waals surface area contributed by atoms with Gasteiger partial charge in [-0.15, -0.1) is 0 Å². The number of nitrogens with one attached hydrogen (secondary N) is 1. The lowest BCUT2D eigenvalue weighted by molar-refractivity contribution is 0.102. The second kappa shape index (κ2) is 8.59. The lowest BCUT2D eigenvalue weighted by Gasteiger charge is -2.10. The van der Waals surface area contributed by atoms with Crippen molar-refractivity contribution < 1.29 is 17.9 Å². The summed E-state index contributed by atoms with van der Waals surface area (Å²) in [4.78, 5) is 12.7. The molecule has 0 spiro atoms. The van der Waals surface area contributed by atoms with Crippen LogP contribution in [0.15, 0.2) is 77.7 Å². The van der Waals surface area contributed by atoms with E-state index in [9.17, 15) is 13.2 Å². The van der Waals surface area contributed by atoms with Crippen molar-refractivity contribution in [3.05, 3.63) is 83.9 Å². The lowest BCUT2D eigenvalue weighted by Crippen LogP contribution is -2.12. The highest BCUT2D eigenvalue weighted by molar-refractivity contribution is 7.91. The second-order valence-corrected chi connectivity index (χ2v) is 8.43. The fourth-order valence-corrected chi connectivity index (χ4v) is 3.50. The molecule has 0 fully saturated rings. The maximum Gasteiger partial charge on any atom is 0.255 e. The first-order valence-electron chi connectivity index (χ1n) is 8.83. The van der Waals surface area contributed by atoms with E-state index < -0.39 is 9.84 Å². The minimum absolute atomic E-state index is 0.0148. The Labute approximate surface area is 169 Å². The average Bonchev–Trinajstić information content (AvgIpc) is 2.74. The third-order valence-electron chi connectivity index (χ3n) is 4.15. The number of hydrogen-bond acceptors (Lipinski definition) is 5. The maximum atomic E-state index is 12.6. The van der Waals surface area contributed by atoms with Crippen molar-refractivity contribution in [3.8, 4) is 17.6 Å². The molecule has 6 nitrogen and oxygen atoms in total. The minimum Gasteiger partial charge on any atom is -0.457 e. The lowest BCUT2D eigenvalue weighted by atomic mass is 10.2. The third-order valence-corrected chi connectivity index (χ3v) is 5.88. The smallest absolute Gasteiger partial charge is 0.255 e. The van der Waals surface area contributed by atoms with E-state index >= 15 is 0 Å². The van der Waals surface area contributed by atoms with Crippen LogP contribution < -0.4 is 10.1 Å². The van der Waals surface area contributed by atoms with E-state index in [1.807, 2.05) is 6.07 Å². The molecule has 0 atom stereocenters. The first kappa shape index (κ1) is 20.1. The molecule has 3 aromatic rings. The SMILES string of the molecule is CCS(=O)(=O)c1cccc(NC(=O)c2cccc(Oc3ccc(C#N)cc3)c2)c1. The molecular weight excluding hydrogens is 388 g/mol. The van der Waals surface area contributed by atoms with E-state index in [1.165, 1.54) is 12.1 Å². The van der Waals surface area contributed by atoms with Crippen molar-refractivity contribution in [1.29, 1.82) is 5.26 Å². The largest absolute Gasteiger partial charge is 0.457 e. The average molecular weight is 406 g/mol. The molecule has 0 aliphatic rings. The molecule has 0 saturated heterocycles. The Kier molecular flexibility index (Phi) is 5.96. The predicted octanol–water partition coefficient (Wildman–Crippen LogP) is 4.40. The van der Waals surface area contributed by atoms with Crippen LogP contribution in [0.4, 0.5) is 5.69 Å². The van der Waals surface area contributed by atoms with Gasteiger partial charge < -0.3 is 10.1 Å². The number of rotatable bonds is 6. The van der Waals surface area contributed by atoms with E-state index in [2.05, 4.69) is 5.32 Å². The van der Waals surface area contributed by atoms with Gasteiger partial charge in [0.15, 0.2) is 9.84 Å². The van der Waals surface area contributed by atoms with Gasteiger partial charge in [0, 0.05) is 11.3 Å². The van der Waals surface area contributed by atoms with Gasteiger partial charge in [0.1, 0.15) is 11.5 Å². The van der Waals surface area contributed by atoms with E-state index in [0.29, 0.717) is 28.3 Å². The van der Waals surface area contributed by atoms with E-state index in [-0.39, 0.29) is 16.6 Å². The van der Waals surface area contributed by atoms with Gasteiger partial charge in [-0.2, -0.15) is 5.26 Å². The molecule has 3 aromatic carbocycles. The first-order chi connectivity index (χ1) is 13.9. The van der Waals surface area contributed by atoms with Crippen LogP contribution in [0.2, 0.25) is 0 Å². The van der Waals surface area contributed by atoms with Gasteiger partial charge in [0.25, 0.3) is 5.91 Å². The zero-order valence-corrected chi connectivity index (χ0v) is 16.4. The monoisotopic (exact) mass is 406 g/mol. The number of nitriles is 1. The maximum absolute atomic E-state index is 12.6. The molecule has 7 heteroatoms. The zero-order chi connectivity index (χ0) is 20.9. The summed E-state index contributed by atoms with van der Waals surface area (Å²) < 4.78 is 29.8. The summed E-state index contributed by atoms with van der Waals surface area (Å²) in [6, 6.07) is 21.4. The standard InChI is InChI=1S/C22H18N2O4S/c1-2-29(26,27)21-8-4-6-18(14-21)24-22(25)17-5-3-7-20(13-17)28-19-11-9-16(15-23)10-12-19/h3-14H,2H2,1H3,(H,24,25). The van der Waals surface area contributed by atoms with Crippen molar-refractivity contribution in [1.82, 2.24) is 0 Å². The van der Waals surface area contributed by atoms with Crippen LogP contribution in [0, 0.1) is 11.3 Å². The Balaban J connectivity index is 1.76. The number of anilines is 1. The number of sulfone groups is 1. The summed E-state index contributed by atoms with van der Waals surface area (Å²) in [5.74, 6) is 0.601. The fourth-order valence-electron chi connectivity index (χ4n) is 2.57. The number of carbonyl (C=O) groups is 1. The molecule has 29 heavy (non-hydrogen) atoms. The zero-order valence-electron chi connectivity index (χ0n) is 15.6. The van der Waals surface area contributed by atoms with Gasteiger partial charge >= 0.3 is 0 Å². The molecule has 0 saturated carbocycles. The van der Waals surface area contributed by atoms with Crippen LogP contribution in [0.3, 0.4) is 0 Å². The number of amides is 1. The normalized spacial score (nSPS) is 10.8. The Hall–Kier alpha value is -3.63. The van der Waals surface area contributed by atoms with Gasteiger partial charge in [-0.3, -0.25) is 4.79 Å². The Morgan fingerprint density at radius 3 is 2.41 bits per heavy atom. The van der Waals surface area contributed by atoms with E-state index in [4.69, 9.17) is 10.00 Å². The topological polar surface area (TPSA) is 96.3 Å². The molecule has 0 aliphatic carbocycles. The summed E-state index contributed by atoms with van der Waals surface area (Å²) in [6.45, 7) is 1.57. The number of nitrogens with zero attached hydrogens (tertiary/aromatic N) is 1. The highest BCUT2D eigenvalue weighted by atomic mass is 32.2. The third kappa shape index (κ3) is 5.00. The van der Waals surface area contributed by atoms with Gasteiger partial charge in [-0.05, 0) is 60.7 Å². The molecule has 0 radical (unpaired) electrons. The number of carbonyl (C=O) groups excluding carboxylic acids is 1. The van der Waals surface area contributed by atoms with Crippen molar-refractivity contribution in [2.45, 2.75) is 11.8 Å². The first-order valence-corrected chi connectivity index (χ1v) is 10.5. The van der Waals surface area contributed by atoms with Crippen molar-refractivity contribution in [2.24, 2.45) is 0 Å². The summed E-state index contributed by atoms with van der Waals surface area (Å²) in [5.41, 5.74) is 1.28. The molecule has 3 rings (SSSR count). The van der Waals surface area contributed by atoms with E-state index in [0.717, 1.165) is 0 Å². The Morgan fingerprint density at radius 1 is 1.00 bits per heavy atom. The van der Waals surface area contributed by atoms with E-state index in [1.54, 1.807) is 67.6 Å². The highest BCUT2D eigenvalue weighted by Crippen LogP contribution is 2.23. The van der Waals surface area contributed by atoms with Crippen molar-refractivity contribution in [3.63, 3.8) is 0 Å². The van der Waals surface area contributed by atoms with Crippen LogP contribution in [0.1, 0.15) is 22.8 Å². The quantitative estimate of drug-likeness (QED) is 0.655. The summed E-state index contributed by atoms with van der Waals surface area (Å²) in [5, 5.41) is 11.5. The second-order valence-electron chi connectivity index (χ2n) is 6.15. The predicted molar refractivity (Wildman–Crippen MR) is 110 cm³/mol. The van der Waals surface area contributed by atoms with Crippen molar-refractivity contribution in [2.75, 3.05) is 11.1 Å². The van der Waals surface area contributed by atoms with Gasteiger partial charge in [0.2, 0.25) is 0 Å². The van der Waals surface area contributed by atoms with Crippen LogP contribution in [0.25, 0.3) is 0 Å². The van der Waals surface area contributed by atoms with Crippen LogP contribution in [0.5, 0.6) is 11.5 Å². The van der Waals surface area contributed by atoms with Gasteiger partial charge in [0.05, 0.1) is 22.3 Å². The fraction of sp³-hybridized carbons (Fsp3) is 0.0909. The molecule has 0 heterocycles. The number of ether oxygens (including phenoxy) is 1. The summed E-state index contributed by atoms with van der Waals surface area (Å²) in [7, 11) is -3.36.